The van der Waals surface area contributed by atoms with Gasteiger partial charge in [0.2, 0.25) is 0 Å². The Kier molecular flexibility index (Phi) is 4.47. The smallest absolute Gasteiger partial charge is 0.325 e. The average molecular weight is 267 g/mol. The lowest BCUT2D eigenvalue weighted by atomic mass is 10.1. The van der Waals surface area contributed by atoms with E-state index in [0.29, 0.717) is 5.69 Å². The van der Waals surface area contributed by atoms with Crippen LogP contribution in [0.4, 0.5) is 10.1 Å². The molecule has 4 N–H and O–H groups in total. The number of hydrogen-bond donors (Lipinski definition) is 3. The average Bonchev–Trinajstić information content (AvgIpc) is 2.24. The van der Waals surface area contributed by atoms with Crippen molar-refractivity contribution in [1.29, 1.82) is 5.41 Å². The largest absolute Gasteiger partial charge is 0.459 e. The second kappa shape index (κ2) is 5.69. The molecule has 0 spiro atoms. The maximum Gasteiger partial charge on any atom is 0.325 e. The van der Waals surface area contributed by atoms with E-state index in [1.807, 2.05) is 0 Å². The predicted molar refractivity (Wildman–Crippen MR) is 71.8 cm³/mol. The molecule has 0 aliphatic rings. The monoisotopic (exact) mass is 267 g/mol. The number of esters is 1. The normalized spacial score (nSPS) is 10.9. The minimum absolute atomic E-state index is 0.0802. The number of anilines is 1. The molecule has 1 aromatic rings. The zero-order valence-electron chi connectivity index (χ0n) is 11.2. The fraction of sp³-hybridized carbons (Fsp3) is 0.385. The molecule has 0 unspecified atom stereocenters. The number of halogens is 1. The third-order valence-corrected chi connectivity index (χ3v) is 2.11. The molecule has 1 aromatic carbocycles. The zero-order valence-corrected chi connectivity index (χ0v) is 11.2. The van der Waals surface area contributed by atoms with Crippen molar-refractivity contribution in [3.05, 3.63) is 29.6 Å². The van der Waals surface area contributed by atoms with Crippen LogP contribution in [0.15, 0.2) is 18.2 Å². The van der Waals surface area contributed by atoms with Crippen LogP contribution in [0, 0.1) is 11.2 Å². The van der Waals surface area contributed by atoms with E-state index < -0.39 is 17.4 Å². The number of rotatable bonds is 4. The molecule has 0 atom stereocenters. The van der Waals surface area contributed by atoms with Crippen molar-refractivity contribution in [2.75, 3.05) is 11.9 Å². The van der Waals surface area contributed by atoms with Crippen LogP contribution in [0.3, 0.4) is 0 Å². The summed E-state index contributed by atoms with van der Waals surface area (Å²) in [5, 5.41) is 10.1. The van der Waals surface area contributed by atoms with E-state index in [9.17, 15) is 9.18 Å². The molecule has 0 fully saturated rings. The summed E-state index contributed by atoms with van der Waals surface area (Å²) >= 11 is 0. The molecule has 0 aliphatic carbocycles. The lowest BCUT2D eigenvalue weighted by Crippen LogP contribution is -2.28. The van der Waals surface area contributed by atoms with Gasteiger partial charge in [-0.25, -0.2) is 4.39 Å². The summed E-state index contributed by atoms with van der Waals surface area (Å²) in [5.74, 6) is -1.20. The number of ether oxygens (including phenoxy) is 1. The van der Waals surface area contributed by atoms with Gasteiger partial charge in [-0.05, 0) is 39.0 Å². The maximum absolute atomic E-state index is 13.1. The van der Waals surface area contributed by atoms with Crippen molar-refractivity contribution in [3.8, 4) is 0 Å². The van der Waals surface area contributed by atoms with Crippen LogP contribution in [0.25, 0.3) is 0 Å². The van der Waals surface area contributed by atoms with Crippen molar-refractivity contribution in [2.45, 2.75) is 26.4 Å². The maximum atomic E-state index is 13.1. The number of amidine groups is 1. The molecule has 5 nitrogen and oxygen atoms in total. The summed E-state index contributed by atoms with van der Waals surface area (Å²) < 4.78 is 18.2. The Hall–Kier alpha value is -2.11. The molecule has 0 saturated carbocycles. The summed E-state index contributed by atoms with van der Waals surface area (Å²) in [6, 6.07) is 3.79. The van der Waals surface area contributed by atoms with Crippen LogP contribution in [-0.4, -0.2) is 24.0 Å². The SMILES string of the molecule is CC(C)(C)OC(=O)CNc1ccc(F)cc1C(=N)N. The van der Waals surface area contributed by atoms with Gasteiger partial charge in [0.1, 0.15) is 23.8 Å². The molecular formula is C13H18FN3O2. The Labute approximate surface area is 111 Å². The minimum Gasteiger partial charge on any atom is -0.459 e. The van der Waals surface area contributed by atoms with Gasteiger partial charge in [-0.1, -0.05) is 0 Å². The Morgan fingerprint density at radius 1 is 1.47 bits per heavy atom. The molecule has 0 aromatic heterocycles. The highest BCUT2D eigenvalue weighted by Gasteiger charge is 2.16. The number of nitrogens with one attached hydrogen (secondary N) is 2. The standard InChI is InChI=1S/C13H18FN3O2/c1-13(2,3)19-11(18)7-17-10-5-4-8(14)6-9(10)12(15)16/h4-6,17H,7H2,1-3H3,(H3,15,16). The summed E-state index contributed by atoms with van der Waals surface area (Å²) in [4.78, 5) is 11.5. The number of benzene rings is 1. The van der Waals surface area contributed by atoms with E-state index in [2.05, 4.69) is 5.32 Å². The Morgan fingerprint density at radius 2 is 2.11 bits per heavy atom. The molecule has 0 saturated heterocycles. The zero-order chi connectivity index (χ0) is 14.6. The number of carbonyl (C=O) groups excluding carboxylic acids is 1. The van der Waals surface area contributed by atoms with E-state index in [0.717, 1.165) is 6.07 Å². The molecule has 0 aliphatic heterocycles. The highest BCUT2D eigenvalue weighted by Crippen LogP contribution is 2.16. The Morgan fingerprint density at radius 3 is 2.63 bits per heavy atom. The van der Waals surface area contributed by atoms with Gasteiger partial charge in [-0.3, -0.25) is 10.2 Å². The molecule has 19 heavy (non-hydrogen) atoms. The van der Waals surface area contributed by atoms with Gasteiger partial charge in [-0.15, -0.1) is 0 Å². The second-order valence-electron chi connectivity index (χ2n) is 5.04. The van der Waals surface area contributed by atoms with Crippen LogP contribution in [-0.2, 0) is 9.53 Å². The fourth-order valence-electron chi connectivity index (χ4n) is 1.44. The number of hydrogen-bond acceptors (Lipinski definition) is 4. The summed E-state index contributed by atoms with van der Waals surface area (Å²) in [5.41, 5.74) is 5.42. The molecule has 0 heterocycles. The lowest BCUT2D eigenvalue weighted by molar-refractivity contribution is -0.152. The van der Waals surface area contributed by atoms with Gasteiger partial charge in [0, 0.05) is 11.3 Å². The van der Waals surface area contributed by atoms with Gasteiger partial charge < -0.3 is 15.8 Å². The molecule has 0 radical (unpaired) electrons. The van der Waals surface area contributed by atoms with Crippen LogP contribution in [0.1, 0.15) is 26.3 Å². The van der Waals surface area contributed by atoms with Crippen molar-refractivity contribution in [2.24, 2.45) is 5.73 Å². The van der Waals surface area contributed by atoms with E-state index >= 15 is 0 Å². The minimum atomic E-state index is -0.565. The van der Waals surface area contributed by atoms with Gasteiger partial charge in [0.15, 0.2) is 0 Å². The van der Waals surface area contributed by atoms with Gasteiger partial charge >= 0.3 is 5.97 Å². The van der Waals surface area contributed by atoms with Crippen LogP contribution >= 0.6 is 0 Å². The number of nitrogens with two attached hydrogens (primary N) is 1. The molecule has 0 bridgehead atoms. The first-order valence-electron chi connectivity index (χ1n) is 5.79. The first-order valence-corrected chi connectivity index (χ1v) is 5.79. The topological polar surface area (TPSA) is 88.2 Å². The van der Waals surface area contributed by atoms with E-state index in [-0.39, 0.29) is 17.9 Å². The third-order valence-electron chi connectivity index (χ3n) is 2.11. The number of carbonyl (C=O) groups is 1. The van der Waals surface area contributed by atoms with Crippen molar-refractivity contribution in [3.63, 3.8) is 0 Å². The van der Waals surface area contributed by atoms with E-state index in [1.54, 1.807) is 20.8 Å². The van der Waals surface area contributed by atoms with Crippen LogP contribution < -0.4 is 11.1 Å². The van der Waals surface area contributed by atoms with Crippen LogP contribution in [0.2, 0.25) is 0 Å². The predicted octanol–water partition coefficient (Wildman–Crippen LogP) is 1.86. The van der Waals surface area contributed by atoms with Crippen molar-refractivity contribution >= 4 is 17.5 Å². The molecule has 0 amide bonds. The highest BCUT2D eigenvalue weighted by atomic mass is 19.1. The van der Waals surface area contributed by atoms with E-state index in [4.69, 9.17) is 15.9 Å². The van der Waals surface area contributed by atoms with Gasteiger partial charge in [-0.2, -0.15) is 0 Å². The first-order chi connectivity index (χ1) is 8.69. The van der Waals surface area contributed by atoms with Crippen molar-refractivity contribution < 1.29 is 13.9 Å². The van der Waals surface area contributed by atoms with Gasteiger partial charge in [0.05, 0.1) is 0 Å². The van der Waals surface area contributed by atoms with Crippen molar-refractivity contribution in [1.82, 2.24) is 0 Å². The second-order valence-corrected chi connectivity index (χ2v) is 5.04. The van der Waals surface area contributed by atoms with Crippen LogP contribution in [0.5, 0.6) is 0 Å². The quantitative estimate of drug-likeness (QED) is 0.441. The molecule has 6 heteroatoms. The fourth-order valence-corrected chi connectivity index (χ4v) is 1.44. The Balaban J connectivity index is 2.73. The lowest BCUT2D eigenvalue weighted by Gasteiger charge is -2.20. The summed E-state index contributed by atoms with van der Waals surface area (Å²) in [6.07, 6.45) is 0. The van der Waals surface area contributed by atoms with E-state index in [1.165, 1.54) is 12.1 Å². The molecular weight excluding hydrogens is 249 g/mol. The molecule has 1 rings (SSSR count). The molecule has 104 valence electrons. The summed E-state index contributed by atoms with van der Waals surface area (Å²) in [6.45, 7) is 5.22. The number of nitrogen functional groups attached to an aromatic ring is 1. The Bertz CT molecular complexity index is 495. The third kappa shape index (κ3) is 4.95. The van der Waals surface area contributed by atoms with Gasteiger partial charge in [0.25, 0.3) is 0 Å². The highest BCUT2D eigenvalue weighted by molar-refractivity contribution is 6.00. The first kappa shape index (κ1) is 14.9. The summed E-state index contributed by atoms with van der Waals surface area (Å²) in [7, 11) is 0.